The molecular formula is C12H18N2O2. The highest BCUT2D eigenvalue weighted by atomic mass is 16.4. The van der Waals surface area contributed by atoms with Crippen LogP contribution < -0.4 is 11.1 Å². The summed E-state index contributed by atoms with van der Waals surface area (Å²) < 4.78 is 0. The molecule has 0 amide bonds. The van der Waals surface area contributed by atoms with Crippen molar-refractivity contribution >= 4 is 17.3 Å². The lowest BCUT2D eigenvalue weighted by atomic mass is 10.0. The smallest absolute Gasteiger partial charge is 0.326 e. The lowest BCUT2D eigenvalue weighted by Gasteiger charge is -2.20. The van der Waals surface area contributed by atoms with E-state index < -0.39 is 12.0 Å². The zero-order valence-corrected chi connectivity index (χ0v) is 9.82. The second-order valence-corrected chi connectivity index (χ2v) is 4.29. The predicted octanol–water partition coefficient (Wildman–Crippen LogP) is 2.10. The second-order valence-electron chi connectivity index (χ2n) is 4.29. The molecule has 0 aromatic heterocycles. The minimum Gasteiger partial charge on any atom is -0.480 e. The Morgan fingerprint density at radius 1 is 1.44 bits per heavy atom. The molecule has 4 heteroatoms. The van der Waals surface area contributed by atoms with E-state index in [1.165, 1.54) is 0 Å². The SMILES string of the molecule is Cc1ccc(N)c(N[C@@H](C(=O)O)C(C)C)c1. The van der Waals surface area contributed by atoms with Crippen molar-refractivity contribution in [1.82, 2.24) is 0 Å². The van der Waals surface area contributed by atoms with Gasteiger partial charge in [0, 0.05) is 0 Å². The van der Waals surface area contributed by atoms with E-state index in [4.69, 9.17) is 10.8 Å². The van der Waals surface area contributed by atoms with Crippen LogP contribution in [0.25, 0.3) is 0 Å². The topological polar surface area (TPSA) is 75.3 Å². The number of anilines is 2. The molecule has 4 N–H and O–H groups in total. The maximum absolute atomic E-state index is 11.0. The Balaban J connectivity index is 2.93. The molecule has 0 aliphatic rings. The third-order valence-corrected chi connectivity index (χ3v) is 2.45. The maximum Gasteiger partial charge on any atom is 0.326 e. The van der Waals surface area contributed by atoms with Crippen molar-refractivity contribution in [2.24, 2.45) is 5.92 Å². The summed E-state index contributed by atoms with van der Waals surface area (Å²) in [7, 11) is 0. The highest BCUT2D eigenvalue weighted by Crippen LogP contribution is 2.22. The van der Waals surface area contributed by atoms with Crippen LogP contribution in [0.4, 0.5) is 11.4 Å². The van der Waals surface area contributed by atoms with Crippen LogP contribution in [0.15, 0.2) is 18.2 Å². The molecule has 0 heterocycles. The second kappa shape index (κ2) is 4.88. The van der Waals surface area contributed by atoms with Gasteiger partial charge in [0.15, 0.2) is 0 Å². The van der Waals surface area contributed by atoms with Gasteiger partial charge in [0.2, 0.25) is 0 Å². The molecule has 1 atom stereocenters. The van der Waals surface area contributed by atoms with Crippen LogP contribution in [-0.2, 0) is 4.79 Å². The largest absolute Gasteiger partial charge is 0.480 e. The van der Waals surface area contributed by atoms with Gasteiger partial charge in [-0.05, 0) is 30.5 Å². The van der Waals surface area contributed by atoms with E-state index in [9.17, 15) is 4.79 Å². The van der Waals surface area contributed by atoms with Crippen molar-refractivity contribution in [2.45, 2.75) is 26.8 Å². The van der Waals surface area contributed by atoms with Gasteiger partial charge < -0.3 is 16.2 Å². The van der Waals surface area contributed by atoms with Crippen molar-refractivity contribution in [3.63, 3.8) is 0 Å². The number of carboxylic acid groups (broad SMARTS) is 1. The average Bonchev–Trinajstić information content (AvgIpc) is 2.18. The summed E-state index contributed by atoms with van der Waals surface area (Å²) in [5.41, 5.74) is 8.08. The minimum atomic E-state index is -0.865. The van der Waals surface area contributed by atoms with Crippen LogP contribution in [0.2, 0.25) is 0 Å². The van der Waals surface area contributed by atoms with Gasteiger partial charge in [-0.2, -0.15) is 0 Å². The molecule has 1 rings (SSSR count). The first kappa shape index (κ1) is 12.4. The van der Waals surface area contributed by atoms with Crippen LogP contribution in [0.3, 0.4) is 0 Å². The van der Waals surface area contributed by atoms with Crippen LogP contribution in [0.5, 0.6) is 0 Å². The number of benzene rings is 1. The van der Waals surface area contributed by atoms with E-state index in [1.54, 1.807) is 6.07 Å². The third-order valence-electron chi connectivity index (χ3n) is 2.45. The van der Waals surface area contributed by atoms with Crippen molar-refractivity contribution in [3.8, 4) is 0 Å². The van der Waals surface area contributed by atoms with Crippen LogP contribution >= 0.6 is 0 Å². The van der Waals surface area contributed by atoms with Gasteiger partial charge in [0.1, 0.15) is 6.04 Å². The Morgan fingerprint density at radius 2 is 2.06 bits per heavy atom. The Morgan fingerprint density at radius 3 is 2.56 bits per heavy atom. The van der Waals surface area contributed by atoms with E-state index >= 15 is 0 Å². The number of nitrogens with two attached hydrogens (primary N) is 1. The molecule has 0 fully saturated rings. The molecule has 16 heavy (non-hydrogen) atoms. The molecule has 4 nitrogen and oxygen atoms in total. The van der Waals surface area contributed by atoms with Gasteiger partial charge in [0.25, 0.3) is 0 Å². The lowest BCUT2D eigenvalue weighted by molar-refractivity contribution is -0.138. The first-order chi connectivity index (χ1) is 7.41. The number of aryl methyl sites for hydroxylation is 1. The normalized spacial score (nSPS) is 12.5. The Labute approximate surface area is 95.5 Å². The fourth-order valence-corrected chi connectivity index (χ4v) is 1.48. The molecule has 1 aromatic rings. The molecule has 0 bridgehead atoms. The number of rotatable bonds is 4. The van der Waals surface area contributed by atoms with E-state index in [1.807, 2.05) is 32.9 Å². The number of nitrogens with one attached hydrogen (secondary N) is 1. The summed E-state index contributed by atoms with van der Waals surface area (Å²) in [4.78, 5) is 11.0. The highest BCUT2D eigenvalue weighted by Gasteiger charge is 2.21. The van der Waals surface area contributed by atoms with Crippen LogP contribution in [-0.4, -0.2) is 17.1 Å². The van der Waals surface area contributed by atoms with Gasteiger partial charge in [-0.15, -0.1) is 0 Å². The number of carboxylic acids is 1. The average molecular weight is 222 g/mol. The van der Waals surface area contributed by atoms with E-state index in [0.717, 1.165) is 5.56 Å². The first-order valence-electron chi connectivity index (χ1n) is 5.27. The van der Waals surface area contributed by atoms with Gasteiger partial charge >= 0.3 is 5.97 Å². The molecule has 0 saturated carbocycles. The zero-order valence-electron chi connectivity index (χ0n) is 9.82. The molecule has 0 saturated heterocycles. The summed E-state index contributed by atoms with van der Waals surface area (Å²) in [5, 5.41) is 12.0. The standard InChI is InChI=1S/C12H18N2O2/c1-7(2)11(12(15)16)14-10-6-8(3)4-5-9(10)13/h4-7,11,14H,13H2,1-3H3,(H,15,16)/t11-/m1/s1. The van der Waals surface area contributed by atoms with Crippen molar-refractivity contribution in [1.29, 1.82) is 0 Å². The molecule has 88 valence electrons. The summed E-state index contributed by atoms with van der Waals surface area (Å²) in [6.45, 7) is 5.66. The number of hydrogen-bond donors (Lipinski definition) is 3. The number of nitrogen functional groups attached to an aromatic ring is 1. The molecule has 1 aromatic carbocycles. The lowest BCUT2D eigenvalue weighted by Crippen LogP contribution is -2.34. The van der Waals surface area contributed by atoms with Gasteiger partial charge in [-0.25, -0.2) is 4.79 Å². The summed E-state index contributed by atoms with van der Waals surface area (Å²) in [5.74, 6) is -0.867. The first-order valence-corrected chi connectivity index (χ1v) is 5.27. The number of carbonyl (C=O) groups is 1. The van der Waals surface area contributed by atoms with E-state index in [2.05, 4.69) is 5.32 Å². The molecule has 0 spiro atoms. The Kier molecular flexibility index (Phi) is 3.77. The van der Waals surface area contributed by atoms with E-state index in [-0.39, 0.29) is 5.92 Å². The molecule has 0 aliphatic carbocycles. The van der Waals surface area contributed by atoms with Crippen molar-refractivity contribution < 1.29 is 9.90 Å². The van der Waals surface area contributed by atoms with Crippen LogP contribution in [0, 0.1) is 12.8 Å². The summed E-state index contributed by atoms with van der Waals surface area (Å²) in [6, 6.07) is 4.90. The fraction of sp³-hybridized carbons (Fsp3) is 0.417. The Hall–Kier alpha value is -1.71. The van der Waals surface area contributed by atoms with Crippen molar-refractivity contribution in [2.75, 3.05) is 11.1 Å². The van der Waals surface area contributed by atoms with Crippen molar-refractivity contribution in [3.05, 3.63) is 23.8 Å². The molecule has 0 unspecified atom stereocenters. The monoisotopic (exact) mass is 222 g/mol. The predicted molar refractivity (Wildman–Crippen MR) is 65.5 cm³/mol. The zero-order chi connectivity index (χ0) is 12.3. The molecule has 0 radical (unpaired) electrons. The Bertz CT molecular complexity index is 389. The van der Waals surface area contributed by atoms with Gasteiger partial charge in [0.05, 0.1) is 11.4 Å². The van der Waals surface area contributed by atoms with E-state index in [0.29, 0.717) is 11.4 Å². The fourth-order valence-electron chi connectivity index (χ4n) is 1.48. The quantitative estimate of drug-likeness (QED) is 0.682. The van der Waals surface area contributed by atoms with Gasteiger partial charge in [-0.3, -0.25) is 0 Å². The molecular weight excluding hydrogens is 204 g/mol. The summed E-state index contributed by atoms with van der Waals surface area (Å²) in [6.07, 6.45) is 0. The minimum absolute atomic E-state index is 0.00240. The van der Waals surface area contributed by atoms with Gasteiger partial charge in [-0.1, -0.05) is 19.9 Å². The third kappa shape index (κ3) is 2.89. The van der Waals surface area contributed by atoms with Crippen LogP contribution in [0.1, 0.15) is 19.4 Å². The number of hydrogen-bond acceptors (Lipinski definition) is 3. The highest BCUT2D eigenvalue weighted by molar-refractivity contribution is 5.80. The molecule has 0 aliphatic heterocycles. The number of aliphatic carboxylic acids is 1. The summed E-state index contributed by atoms with van der Waals surface area (Å²) >= 11 is 0. The maximum atomic E-state index is 11.0.